The lowest BCUT2D eigenvalue weighted by Crippen LogP contribution is -2.12. The molecule has 2 aromatic heterocycles. The van der Waals surface area contributed by atoms with Crippen molar-refractivity contribution in [1.29, 1.82) is 0 Å². The number of nitrogens with one attached hydrogen (secondary N) is 1. The third-order valence-electron chi connectivity index (χ3n) is 1.84. The van der Waals surface area contributed by atoms with Gasteiger partial charge in [-0.1, -0.05) is 11.6 Å². The Balaban J connectivity index is 2.31. The zero-order valence-electron chi connectivity index (χ0n) is 8.52. The number of rotatable bonds is 3. The normalized spacial score (nSPS) is 11.7. The average molecular weight is 357 g/mol. The van der Waals surface area contributed by atoms with E-state index in [0.29, 0.717) is 8.81 Å². The Hall–Kier alpha value is -0.570. The number of nitrogens with zero attached hydrogens (tertiary/aromatic N) is 2. The summed E-state index contributed by atoms with van der Waals surface area (Å²) in [7, 11) is -1.92. The lowest BCUT2D eigenvalue weighted by Gasteiger charge is -2.01. The van der Waals surface area contributed by atoms with Gasteiger partial charge < -0.3 is 0 Å². The van der Waals surface area contributed by atoms with Crippen LogP contribution in [0, 0.1) is 0 Å². The van der Waals surface area contributed by atoms with E-state index in [1.165, 1.54) is 10.7 Å². The summed E-state index contributed by atoms with van der Waals surface area (Å²) in [6.07, 6.45) is 1.65. The lowest BCUT2D eigenvalue weighted by atomic mass is 10.7. The van der Waals surface area contributed by atoms with Gasteiger partial charge in [-0.3, -0.25) is 9.40 Å². The predicted octanol–water partition coefficient (Wildman–Crippen LogP) is 2.70. The Labute approximate surface area is 116 Å². The SMILES string of the molecule is Cn1ccc(NS(=O)(=O)c2cc(Cl)c(Br)s2)n1. The van der Waals surface area contributed by atoms with Crippen molar-refractivity contribution in [3.8, 4) is 0 Å². The Morgan fingerprint density at radius 3 is 2.76 bits per heavy atom. The fourth-order valence-corrected chi connectivity index (χ4v) is 4.51. The highest BCUT2D eigenvalue weighted by atomic mass is 79.9. The van der Waals surface area contributed by atoms with Crippen molar-refractivity contribution >= 4 is 54.7 Å². The zero-order chi connectivity index (χ0) is 12.6. The van der Waals surface area contributed by atoms with E-state index in [1.54, 1.807) is 19.3 Å². The molecule has 2 rings (SSSR count). The van der Waals surface area contributed by atoms with Gasteiger partial charge in [-0.15, -0.1) is 11.3 Å². The molecule has 0 aliphatic rings. The molecule has 0 aromatic carbocycles. The molecule has 0 saturated heterocycles. The average Bonchev–Trinajstić information content (AvgIpc) is 2.75. The summed E-state index contributed by atoms with van der Waals surface area (Å²) < 4.78 is 28.5. The van der Waals surface area contributed by atoms with E-state index in [0.717, 1.165) is 11.3 Å². The fraction of sp³-hybridized carbons (Fsp3) is 0.125. The van der Waals surface area contributed by atoms with E-state index >= 15 is 0 Å². The van der Waals surface area contributed by atoms with Crippen molar-refractivity contribution in [2.24, 2.45) is 7.05 Å². The summed E-state index contributed by atoms with van der Waals surface area (Å²) in [5, 5.41) is 4.31. The number of hydrogen-bond donors (Lipinski definition) is 1. The minimum atomic E-state index is -3.62. The van der Waals surface area contributed by atoms with Gasteiger partial charge in [-0.25, -0.2) is 8.42 Å². The number of aryl methyl sites for hydroxylation is 1. The van der Waals surface area contributed by atoms with E-state index in [2.05, 4.69) is 25.8 Å². The topological polar surface area (TPSA) is 64.0 Å². The summed E-state index contributed by atoms with van der Waals surface area (Å²) in [5.74, 6) is 0.271. The van der Waals surface area contributed by atoms with Crippen LogP contribution in [0.2, 0.25) is 5.02 Å². The number of anilines is 1. The van der Waals surface area contributed by atoms with E-state index < -0.39 is 10.0 Å². The third-order valence-corrected chi connectivity index (χ3v) is 6.14. The summed E-state index contributed by atoms with van der Waals surface area (Å²) in [6, 6.07) is 2.96. The smallest absolute Gasteiger partial charge is 0.272 e. The molecule has 0 spiro atoms. The van der Waals surface area contributed by atoms with E-state index in [1.807, 2.05) is 0 Å². The first-order valence-electron chi connectivity index (χ1n) is 4.36. The quantitative estimate of drug-likeness (QED) is 0.919. The highest BCUT2D eigenvalue weighted by Crippen LogP contribution is 2.35. The van der Waals surface area contributed by atoms with Gasteiger partial charge in [-0.2, -0.15) is 5.10 Å². The van der Waals surface area contributed by atoms with Crippen LogP contribution < -0.4 is 4.72 Å². The standard InChI is InChI=1S/C8H7BrClN3O2S2/c1-13-3-2-6(11-13)12-17(14,15)7-4-5(10)8(9)16-7/h2-4H,1H3,(H,11,12). The molecule has 92 valence electrons. The molecule has 0 radical (unpaired) electrons. The molecule has 2 aromatic rings. The summed E-state index contributed by atoms with van der Waals surface area (Å²) in [6.45, 7) is 0. The molecular formula is C8H7BrClN3O2S2. The third kappa shape index (κ3) is 2.82. The first-order chi connectivity index (χ1) is 7.88. The molecular weight excluding hydrogens is 350 g/mol. The van der Waals surface area contributed by atoms with E-state index in [-0.39, 0.29) is 10.0 Å². The second kappa shape index (κ2) is 4.60. The van der Waals surface area contributed by atoms with Gasteiger partial charge >= 0.3 is 0 Å². The fourth-order valence-electron chi connectivity index (χ4n) is 1.12. The Bertz CT molecular complexity index is 630. The van der Waals surface area contributed by atoms with Crippen LogP contribution in [-0.4, -0.2) is 18.2 Å². The Kier molecular flexibility index (Phi) is 3.48. The molecule has 9 heteroatoms. The van der Waals surface area contributed by atoms with Crippen molar-refractivity contribution < 1.29 is 8.42 Å². The van der Waals surface area contributed by atoms with Crippen LogP contribution in [0.15, 0.2) is 26.3 Å². The van der Waals surface area contributed by atoms with Gasteiger partial charge in [0.2, 0.25) is 0 Å². The van der Waals surface area contributed by atoms with Crippen molar-refractivity contribution in [1.82, 2.24) is 9.78 Å². The van der Waals surface area contributed by atoms with Crippen LogP contribution in [0.4, 0.5) is 5.82 Å². The minimum Gasteiger partial charge on any atom is -0.274 e. The maximum atomic E-state index is 11.9. The monoisotopic (exact) mass is 355 g/mol. The lowest BCUT2D eigenvalue weighted by molar-refractivity contribution is 0.603. The van der Waals surface area contributed by atoms with Gasteiger partial charge in [0.05, 0.1) is 8.81 Å². The second-order valence-electron chi connectivity index (χ2n) is 3.17. The molecule has 0 saturated carbocycles. The molecule has 0 bridgehead atoms. The molecule has 0 atom stereocenters. The number of halogens is 2. The Morgan fingerprint density at radius 2 is 2.29 bits per heavy atom. The van der Waals surface area contributed by atoms with Gasteiger partial charge in [0.25, 0.3) is 10.0 Å². The molecule has 0 aliphatic heterocycles. The number of aromatic nitrogens is 2. The van der Waals surface area contributed by atoms with Gasteiger partial charge in [0.15, 0.2) is 5.82 Å². The van der Waals surface area contributed by atoms with Crippen molar-refractivity contribution in [2.45, 2.75) is 4.21 Å². The summed E-state index contributed by atoms with van der Waals surface area (Å²) in [5.41, 5.74) is 0. The van der Waals surface area contributed by atoms with Crippen LogP contribution in [0.25, 0.3) is 0 Å². The number of hydrogen-bond acceptors (Lipinski definition) is 4. The molecule has 0 amide bonds. The van der Waals surface area contributed by atoms with Gasteiger partial charge in [-0.05, 0) is 22.0 Å². The largest absolute Gasteiger partial charge is 0.274 e. The van der Waals surface area contributed by atoms with Crippen LogP contribution in [0.1, 0.15) is 0 Å². The molecule has 0 unspecified atom stereocenters. The van der Waals surface area contributed by atoms with Gasteiger partial charge in [0.1, 0.15) is 4.21 Å². The summed E-state index contributed by atoms with van der Waals surface area (Å²) in [4.78, 5) is 0. The first-order valence-corrected chi connectivity index (χ1v) is 7.83. The van der Waals surface area contributed by atoms with E-state index in [4.69, 9.17) is 11.6 Å². The number of thiophene rings is 1. The minimum absolute atomic E-state index is 0.139. The van der Waals surface area contributed by atoms with Crippen molar-refractivity contribution in [3.63, 3.8) is 0 Å². The van der Waals surface area contributed by atoms with Crippen LogP contribution in [-0.2, 0) is 17.1 Å². The molecule has 1 N–H and O–H groups in total. The van der Waals surface area contributed by atoms with Crippen molar-refractivity contribution in [2.75, 3.05) is 4.72 Å². The zero-order valence-corrected chi connectivity index (χ0v) is 12.5. The molecule has 0 fully saturated rings. The van der Waals surface area contributed by atoms with Crippen LogP contribution >= 0.6 is 38.9 Å². The molecule has 5 nitrogen and oxygen atoms in total. The van der Waals surface area contributed by atoms with Crippen LogP contribution in [0.3, 0.4) is 0 Å². The Morgan fingerprint density at radius 1 is 1.59 bits per heavy atom. The molecule has 0 aliphatic carbocycles. The maximum absolute atomic E-state index is 11.9. The van der Waals surface area contributed by atoms with Gasteiger partial charge in [0, 0.05) is 19.3 Å². The predicted molar refractivity (Wildman–Crippen MR) is 71.0 cm³/mol. The highest BCUT2D eigenvalue weighted by Gasteiger charge is 2.19. The van der Waals surface area contributed by atoms with Crippen LogP contribution in [0.5, 0.6) is 0 Å². The molecule has 2 heterocycles. The van der Waals surface area contributed by atoms with Crippen molar-refractivity contribution in [3.05, 3.63) is 27.1 Å². The summed E-state index contributed by atoms with van der Waals surface area (Å²) >= 11 is 10.0. The highest BCUT2D eigenvalue weighted by molar-refractivity contribution is 9.11. The van der Waals surface area contributed by atoms with E-state index in [9.17, 15) is 8.42 Å². The first kappa shape index (κ1) is 12.9. The number of sulfonamides is 1. The second-order valence-corrected chi connectivity index (χ2v) is 7.85. The molecule has 17 heavy (non-hydrogen) atoms. The maximum Gasteiger partial charge on any atom is 0.272 e.